The summed E-state index contributed by atoms with van der Waals surface area (Å²) in [6.45, 7) is 3.57. The van der Waals surface area contributed by atoms with Crippen LogP contribution in [0, 0.1) is 6.92 Å². The number of nitrogens with one attached hydrogen (secondary N) is 1. The highest BCUT2D eigenvalue weighted by atomic mass is 32.1. The molecule has 1 heterocycles. The van der Waals surface area contributed by atoms with Gasteiger partial charge in [0.2, 0.25) is 5.91 Å². The highest BCUT2D eigenvalue weighted by molar-refractivity contribution is 7.11. The SMILES string of the molecule is COCCN(CC(=O)N(CCc1ccc(OC)c(OC)c1)Cc1ccc(C)s1)C(=O)Nc1ccccc1. The van der Waals surface area contributed by atoms with E-state index >= 15 is 0 Å². The number of nitrogens with zero attached hydrogens (tertiary/aromatic N) is 2. The minimum Gasteiger partial charge on any atom is -0.493 e. The fourth-order valence-electron chi connectivity index (χ4n) is 3.79. The number of amides is 3. The number of hydrogen-bond acceptors (Lipinski definition) is 6. The quantitative estimate of drug-likeness (QED) is 0.346. The van der Waals surface area contributed by atoms with E-state index in [1.54, 1.807) is 37.6 Å². The van der Waals surface area contributed by atoms with Crippen molar-refractivity contribution in [1.82, 2.24) is 9.80 Å². The standard InChI is InChI=1S/C28H35N3O5S/c1-21-10-12-24(37-21)19-30(15-14-22-11-13-25(35-3)26(18-22)36-4)27(32)20-31(16-17-34-2)28(33)29-23-8-6-5-7-9-23/h5-13,18H,14-17,19-20H2,1-4H3,(H,29,33). The van der Waals surface area contributed by atoms with E-state index in [1.165, 1.54) is 9.78 Å². The smallest absolute Gasteiger partial charge is 0.322 e. The Morgan fingerprint density at radius 2 is 1.65 bits per heavy atom. The second-order valence-corrected chi connectivity index (χ2v) is 9.85. The third kappa shape index (κ3) is 8.51. The number of carbonyl (C=O) groups is 2. The Hall–Kier alpha value is -3.56. The Morgan fingerprint density at radius 3 is 2.30 bits per heavy atom. The van der Waals surface area contributed by atoms with Crippen LogP contribution in [0.15, 0.2) is 60.7 Å². The van der Waals surface area contributed by atoms with E-state index in [2.05, 4.69) is 11.4 Å². The van der Waals surface area contributed by atoms with Crippen LogP contribution in [0.2, 0.25) is 0 Å². The summed E-state index contributed by atoms with van der Waals surface area (Å²) in [5.41, 5.74) is 1.69. The first-order chi connectivity index (χ1) is 17.9. The molecule has 0 saturated carbocycles. The number of methoxy groups -OCH3 is 3. The van der Waals surface area contributed by atoms with E-state index in [4.69, 9.17) is 14.2 Å². The third-order valence-corrected chi connectivity index (χ3v) is 6.80. The van der Waals surface area contributed by atoms with Gasteiger partial charge in [-0.2, -0.15) is 0 Å². The van der Waals surface area contributed by atoms with Crippen LogP contribution in [0.4, 0.5) is 10.5 Å². The first-order valence-electron chi connectivity index (χ1n) is 12.1. The van der Waals surface area contributed by atoms with Crippen LogP contribution in [-0.4, -0.2) is 69.3 Å². The summed E-state index contributed by atoms with van der Waals surface area (Å²) in [7, 11) is 4.78. The zero-order valence-corrected chi connectivity index (χ0v) is 22.7. The average Bonchev–Trinajstić information content (AvgIpc) is 3.33. The van der Waals surface area contributed by atoms with Gasteiger partial charge in [0.1, 0.15) is 6.54 Å². The molecule has 1 N–H and O–H groups in total. The molecule has 0 aliphatic carbocycles. The van der Waals surface area contributed by atoms with Crippen LogP contribution in [0.3, 0.4) is 0 Å². The fraction of sp³-hybridized carbons (Fsp3) is 0.357. The van der Waals surface area contributed by atoms with Crippen molar-refractivity contribution >= 4 is 29.0 Å². The van der Waals surface area contributed by atoms with E-state index < -0.39 is 0 Å². The van der Waals surface area contributed by atoms with Gasteiger partial charge < -0.3 is 29.3 Å². The number of anilines is 1. The van der Waals surface area contributed by atoms with Crippen LogP contribution in [0.25, 0.3) is 0 Å². The summed E-state index contributed by atoms with van der Waals surface area (Å²) >= 11 is 1.66. The van der Waals surface area contributed by atoms with Crippen LogP contribution in [0.1, 0.15) is 15.3 Å². The summed E-state index contributed by atoms with van der Waals surface area (Å²) in [5.74, 6) is 1.17. The van der Waals surface area contributed by atoms with Crippen LogP contribution >= 0.6 is 11.3 Å². The fourth-order valence-corrected chi connectivity index (χ4v) is 4.70. The van der Waals surface area contributed by atoms with Crippen molar-refractivity contribution in [2.45, 2.75) is 19.9 Å². The number of rotatable bonds is 13. The number of thiophene rings is 1. The number of hydrogen-bond donors (Lipinski definition) is 1. The summed E-state index contributed by atoms with van der Waals surface area (Å²) in [6.07, 6.45) is 0.630. The number of benzene rings is 2. The topological polar surface area (TPSA) is 80.3 Å². The lowest BCUT2D eigenvalue weighted by molar-refractivity contribution is -0.132. The number of aryl methyl sites for hydroxylation is 1. The van der Waals surface area contributed by atoms with E-state index in [-0.39, 0.29) is 18.5 Å². The molecule has 8 nitrogen and oxygen atoms in total. The molecule has 9 heteroatoms. The summed E-state index contributed by atoms with van der Waals surface area (Å²) in [4.78, 5) is 32.1. The van der Waals surface area contributed by atoms with Gasteiger partial charge in [-0.3, -0.25) is 4.79 Å². The van der Waals surface area contributed by atoms with Gasteiger partial charge in [0.25, 0.3) is 0 Å². The lowest BCUT2D eigenvalue weighted by atomic mass is 10.1. The molecule has 198 valence electrons. The zero-order chi connectivity index (χ0) is 26.6. The monoisotopic (exact) mass is 525 g/mol. The Bertz CT molecular complexity index is 1150. The molecule has 0 bridgehead atoms. The van der Waals surface area contributed by atoms with Gasteiger partial charge in [-0.05, 0) is 55.3 Å². The molecular weight excluding hydrogens is 490 g/mol. The first kappa shape index (κ1) is 28.0. The third-order valence-electron chi connectivity index (χ3n) is 5.82. The van der Waals surface area contributed by atoms with Crippen molar-refractivity contribution < 1.29 is 23.8 Å². The second kappa shape index (κ2) is 14.2. The lowest BCUT2D eigenvalue weighted by Gasteiger charge is -2.27. The van der Waals surface area contributed by atoms with Crippen molar-refractivity contribution in [3.8, 4) is 11.5 Å². The molecule has 0 spiro atoms. The van der Waals surface area contributed by atoms with E-state index in [0.717, 1.165) is 10.4 Å². The highest BCUT2D eigenvalue weighted by Gasteiger charge is 2.22. The molecule has 3 amide bonds. The summed E-state index contributed by atoms with van der Waals surface area (Å²) in [6, 6.07) is 18.7. The number of ether oxygens (including phenoxy) is 3. The van der Waals surface area contributed by atoms with Gasteiger partial charge in [-0.1, -0.05) is 24.3 Å². The van der Waals surface area contributed by atoms with Crippen molar-refractivity contribution in [3.63, 3.8) is 0 Å². The van der Waals surface area contributed by atoms with Gasteiger partial charge in [-0.15, -0.1) is 11.3 Å². The van der Waals surface area contributed by atoms with Gasteiger partial charge in [-0.25, -0.2) is 4.79 Å². The number of carbonyl (C=O) groups excluding carboxylic acids is 2. The lowest BCUT2D eigenvalue weighted by Crippen LogP contribution is -2.46. The van der Waals surface area contributed by atoms with Crippen molar-refractivity contribution in [2.75, 3.05) is 52.9 Å². The molecule has 0 unspecified atom stereocenters. The Balaban J connectivity index is 1.74. The maximum Gasteiger partial charge on any atom is 0.322 e. The molecule has 0 fully saturated rings. The molecule has 0 radical (unpaired) electrons. The molecule has 2 aromatic carbocycles. The maximum absolute atomic E-state index is 13.6. The highest BCUT2D eigenvalue weighted by Crippen LogP contribution is 2.28. The van der Waals surface area contributed by atoms with E-state index in [1.807, 2.05) is 61.5 Å². The molecule has 3 aromatic rings. The Morgan fingerprint density at radius 1 is 0.892 bits per heavy atom. The molecule has 0 aliphatic rings. The van der Waals surface area contributed by atoms with E-state index in [9.17, 15) is 9.59 Å². The second-order valence-electron chi connectivity index (χ2n) is 8.48. The largest absolute Gasteiger partial charge is 0.493 e. The van der Waals surface area contributed by atoms with Gasteiger partial charge in [0.05, 0.1) is 27.4 Å². The van der Waals surface area contributed by atoms with Gasteiger partial charge in [0, 0.05) is 35.6 Å². The molecule has 1 aromatic heterocycles. The van der Waals surface area contributed by atoms with Crippen LogP contribution in [-0.2, 0) is 22.5 Å². The Kier molecular flexibility index (Phi) is 10.8. The minimum absolute atomic E-state index is 0.0572. The van der Waals surface area contributed by atoms with Crippen molar-refractivity contribution in [2.24, 2.45) is 0 Å². The summed E-state index contributed by atoms with van der Waals surface area (Å²) < 4.78 is 16.0. The van der Waals surface area contributed by atoms with Gasteiger partial charge >= 0.3 is 6.03 Å². The normalized spacial score (nSPS) is 10.6. The van der Waals surface area contributed by atoms with Gasteiger partial charge in [0.15, 0.2) is 11.5 Å². The molecule has 37 heavy (non-hydrogen) atoms. The van der Waals surface area contributed by atoms with Crippen LogP contribution in [0.5, 0.6) is 11.5 Å². The van der Waals surface area contributed by atoms with E-state index in [0.29, 0.717) is 49.8 Å². The van der Waals surface area contributed by atoms with Crippen molar-refractivity contribution in [3.05, 3.63) is 76.0 Å². The molecule has 0 aliphatic heterocycles. The molecular formula is C28H35N3O5S. The van der Waals surface area contributed by atoms with Crippen molar-refractivity contribution in [1.29, 1.82) is 0 Å². The summed E-state index contributed by atoms with van der Waals surface area (Å²) in [5, 5.41) is 2.87. The Labute approximate surface area is 222 Å². The minimum atomic E-state index is -0.344. The number of urea groups is 1. The molecule has 3 rings (SSSR count). The zero-order valence-electron chi connectivity index (χ0n) is 21.9. The number of para-hydroxylation sites is 1. The predicted octanol–water partition coefficient (Wildman–Crippen LogP) is 4.83. The average molecular weight is 526 g/mol. The molecule has 0 saturated heterocycles. The maximum atomic E-state index is 13.6. The van der Waals surface area contributed by atoms with Crippen LogP contribution < -0.4 is 14.8 Å². The molecule has 0 atom stereocenters. The predicted molar refractivity (Wildman–Crippen MR) is 147 cm³/mol. The first-order valence-corrected chi connectivity index (χ1v) is 12.9.